The SMILES string of the molecule is CCOC(=O)c1nc2n(c1[S+]([O-])CC)CCCC2. The lowest BCUT2D eigenvalue weighted by Gasteiger charge is -2.16. The largest absolute Gasteiger partial charge is 0.610 e. The van der Waals surface area contributed by atoms with Crippen LogP contribution in [0.1, 0.15) is 43.0 Å². The normalized spacial score (nSPS) is 16.2. The molecule has 18 heavy (non-hydrogen) atoms. The Bertz CT molecular complexity index is 445. The molecule has 6 heteroatoms. The van der Waals surface area contributed by atoms with Crippen molar-refractivity contribution in [2.75, 3.05) is 12.4 Å². The van der Waals surface area contributed by atoms with E-state index in [1.807, 2.05) is 11.5 Å². The summed E-state index contributed by atoms with van der Waals surface area (Å²) in [5, 5.41) is 0.547. The maximum absolute atomic E-state index is 12.1. The molecule has 0 fully saturated rings. The molecule has 0 saturated heterocycles. The topological polar surface area (TPSA) is 67.2 Å². The lowest BCUT2D eigenvalue weighted by Crippen LogP contribution is -2.19. The molecule has 1 aromatic rings. The lowest BCUT2D eigenvalue weighted by molar-refractivity contribution is 0.0514. The molecule has 0 aromatic carbocycles. The van der Waals surface area contributed by atoms with Crippen molar-refractivity contribution in [2.45, 2.75) is 44.7 Å². The van der Waals surface area contributed by atoms with Crippen LogP contribution in [-0.2, 0) is 28.9 Å². The van der Waals surface area contributed by atoms with Gasteiger partial charge in [-0.15, -0.1) is 0 Å². The second-order valence-corrected chi connectivity index (χ2v) is 5.80. The van der Waals surface area contributed by atoms with Gasteiger partial charge in [-0.3, -0.25) is 4.57 Å². The van der Waals surface area contributed by atoms with E-state index in [0.717, 1.165) is 31.6 Å². The molecule has 1 aliphatic heterocycles. The molecule has 0 aliphatic carbocycles. The van der Waals surface area contributed by atoms with E-state index in [2.05, 4.69) is 4.98 Å². The Morgan fingerprint density at radius 1 is 1.50 bits per heavy atom. The molecule has 0 N–H and O–H groups in total. The number of hydrogen-bond acceptors (Lipinski definition) is 4. The summed E-state index contributed by atoms with van der Waals surface area (Å²) in [6.07, 6.45) is 2.95. The molecular formula is C12H18N2O3S. The van der Waals surface area contributed by atoms with Gasteiger partial charge in [0.1, 0.15) is 11.6 Å². The quantitative estimate of drug-likeness (QED) is 0.614. The van der Waals surface area contributed by atoms with E-state index in [4.69, 9.17) is 4.74 Å². The van der Waals surface area contributed by atoms with Crippen LogP contribution in [0.25, 0.3) is 0 Å². The summed E-state index contributed by atoms with van der Waals surface area (Å²) in [5.74, 6) is 0.884. The maximum atomic E-state index is 12.1. The summed E-state index contributed by atoms with van der Waals surface area (Å²) in [4.78, 5) is 16.2. The van der Waals surface area contributed by atoms with Gasteiger partial charge >= 0.3 is 5.97 Å². The molecule has 2 rings (SSSR count). The van der Waals surface area contributed by atoms with E-state index >= 15 is 0 Å². The van der Waals surface area contributed by atoms with E-state index in [0.29, 0.717) is 17.4 Å². The number of carbonyl (C=O) groups excluding carboxylic acids is 1. The molecule has 0 saturated carbocycles. The molecule has 5 nitrogen and oxygen atoms in total. The number of ether oxygens (including phenoxy) is 1. The van der Waals surface area contributed by atoms with Gasteiger partial charge in [0, 0.05) is 24.1 Å². The molecule has 1 aromatic heterocycles. The number of hydrogen-bond donors (Lipinski definition) is 0. The molecule has 1 atom stereocenters. The second kappa shape index (κ2) is 5.75. The molecular weight excluding hydrogens is 252 g/mol. The van der Waals surface area contributed by atoms with Crippen molar-refractivity contribution in [3.8, 4) is 0 Å². The number of carbonyl (C=O) groups is 1. The minimum Gasteiger partial charge on any atom is -0.610 e. The van der Waals surface area contributed by atoms with Crippen molar-refractivity contribution in [1.29, 1.82) is 0 Å². The van der Waals surface area contributed by atoms with Gasteiger partial charge in [-0.05, 0) is 26.7 Å². The molecule has 0 bridgehead atoms. The first kappa shape index (κ1) is 13.4. The Kier molecular flexibility index (Phi) is 4.29. The number of rotatable bonds is 4. The Hall–Kier alpha value is -1.01. The molecule has 0 radical (unpaired) electrons. The predicted octanol–water partition coefficient (Wildman–Crippen LogP) is 1.52. The standard InChI is InChI=1S/C12H18N2O3S/c1-3-17-12(15)10-11(18(16)4-2)14-8-6-5-7-9(14)13-10/h3-8H2,1-2H3. The minimum absolute atomic E-state index is 0.244. The average Bonchev–Trinajstić information content (AvgIpc) is 2.77. The van der Waals surface area contributed by atoms with Gasteiger partial charge in [-0.25, -0.2) is 9.78 Å². The summed E-state index contributed by atoms with van der Waals surface area (Å²) in [6, 6.07) is 0. The van der Waals surface area contributed by atoms with Crippen molar-refractivity contribution < 1.29 is 14.1 Å². The van der Waals surface area contributed by atoms with Gasteiger partial charge < -0.3 is 9.29 Å². The summed E-state index contributed by atoms with van der Waals surface area (Å²) in [7, 11) is 0. The van der Waals surface area contributed by atoms with Crippen molar-refractivity contribution in [3.05, 3.63) is 11.5 Å². The van der Waals surface area contributed by atoms with Crippen LogP contribution in [0.4, 0.5) is 0 Å². The smallest absolute Gasteiger partial charge is 0.364 e. The molecule has 1 unspecified atom stereocenters. The zero-order valence-corrected chi connectivity index (χ0v) is 11.6. The first-order valence-electron chi connectivity index (χ1n) is 6.33. The summed E-state index contributed by atoms with van der Waals surface area (Å²) in [6.45, 7) is 4.69. The van der Waals surface area contributed by atoms with Gasteiger partial charge in [-0.2, -0.15) is 0 Å². The van der Waals surface area contributed by atoms with Gasteiger partial charge in [0.05, 0.1) is 6.61 Å². The van der Waals surface area contributed by atoms with Crippen LogP contribution in [-0.4, -0.2) is 32.4 Å². The molecule has 0 amide bonds. The third-order valence-corrected chi connectivity index (χ3v) is 4.35. The van der Waals surface area contributed by atoms with E-state index < -0.39 is 17.1 Å². The summed E-state index contributed by atoms with van der Waals surface area (Å²) >= 11 is -1.18. The first-order chi connectivity index (χ1) is 8.69. The van der Waals surface area contributed by atoms with Crippen molar-refractivity contribution >= 4 is 17.1 Å². The highest BCUT2D eigenvalue weighted by Crippen LogP contribution is 2.25. The monoisotopic (exact) mass is 270 g/mol. The number of esters is 1. The maximum Gasteiger partial charge on any atom is 0.364 e. The summed E-state index contributed by atoms with van der Waals surface area (Å²) in [5.41, 5.74) is 0.244. The zero-order chi connectivity index (χ0) is 13.1. The number of nitrogens with zero attached hydrogens (tertiary/aromatic N) is 2. The van der Waals surface area contributed by atoms with Crippen LogP contribution in [0.2, 0.25) is 0 Å². The van der Waals surface area contributed by atoms with E-state index in [9.17, 15) is 9.35 Å². The Labute approximate surface area is 110 Å². The fourth-order valence-electron chi connectivity index (χ4n) is 2.16. The van der Waals surface area contributed by atoms with Crippen LogP contribution >= 0.6 is 0 Å². The van der Waals surface area contributed by atoms with Crippen molar-refractivity contribution in [1.82, 2.24) is 9.55 Å². The van der Waals surface area contributed by atoms with E-state index in [-0.39, 0.29) is 5.69 Å². The van der Waals surface area contributed by atoms with E-state index in [1.165, 1.54) is 0 Å². The third kappa shape index (κ3) is 2.40. The van der Waals surface area contributed by atoms with Crippen LogP contribution < -0.4 is 0 Å². The number of imidazole rings is 1. The summed E-state index contributed by atoms with van der Waals surface area (Å²) < 4.78 is 19.1. The van der Waals surface area contributed by atoms with Crippen LogP contribution in [0.3, 0.4) is 0 Å². The predicted molar refractivity (Wildman–Crippen MR) is 68.1 cm³/mol. The Morgan fingerprint density at radius 2 is 2.28 bits per heavy atom. The highest BCUT2D eigenvalue weighted by atomic mass is 32.2. The van der Waals surface area contributed by atoms with Crippen LogP contribution in [0.15, 0.2) is 5.03 Å². The number of aryl methyl sites for hydroxylation is 1. The Balaban J connectivity index is 2.44. The fraction of sp³-hybridized carbons (Fsp3) is 0.667. The van der Waals surface area contributed by atoms with E-state index in [1.54, 1.807) is 6.92 Å². The zero-order valence-electron chi connectivity index (χ0n) is 10.8. The van der Waals surface area contributed by atoms with Crippen molar-refractivity contribution in [3.63, 3.8) is 0 Å². The number of aromatic nitrogens is 2. The molecule has 0 spiro atoms. The fourth-order valence-corrected chi connectivity index (χ4v) is 3.22. The lowest BCUT2D eigenvalue weighted by atomic mass is 10.2. The van der Waals surface area contributed by atoms with Gasteiger partial charge in [0.2, 0.25) is 5.69 Å². The van der Waals surface area contributed by atoms with Crippen LogP contribution in [0, 0.1) is 0 Å². The average molecular weight is 270 g/mol. The number of fused-ring (bicyclic) bond motifs is 1. The molecule has 2 heterocycles. The van der Waals surface area contributed by atoms with Gasteiger partial charge in [0.15, 0.2) is 0 Å². The highest BCUT2D eigenvalue weighted by Gasteiger charge is 2.32. The Morgan fingerprint density at radius 3 is 2.94 bits per heavy atom. The van der Waals surface area contributed by atoms with Crippen LogP contribution in [0.5, 0.6) is 0 Å². The second-order valence-electron chi connectivity index (χ2n) is 4.15. The molecule has 1 aliphatic rings. The van der Waals surface area contributed by atoms with Gasteiger partial charge in [-0.1, -0.05) is 0 Å². The van der Waals surface area contributed by atoms with Gasteiger partial charge in [0.25, 0.3) is 5.03 Å². The third-order valence-electron chi connectivity index (χ3n) is 2.98. The minimum atomic E-state index is -1.18. The molecule has 100 valence electrons. The van der Waals surface area contributed by atoms with Crippen molar-refractivity contribution in [2.24, 2.45) is 0 Å². The highest BCUT2D eigenvalue weighted by molar-refractivity contribution is 7.91. The first-order valence-corrected chi connectivity index (χ1v) is 7.65.